The molecule has 0 unspecified atom stereocenters. The number of carboxylic acids is 1. The van der Waals surface area contributed by atoms with Gasteiger partial charge in [0.25, 0.3) is 0 Å². The van der Waals surface area contributed by atoms with Gasteiger partial charge in [-0.3, -0.25) is 0 Å². The normalized spacial score (nSPS) is 10.9. The minimum atomic E-state index is -0.766. The lowest BCUT2D eigenvalue weighted by Crippen LogP contribution is -1.99. The van der Waals surface area contributed by atoms with Gasteiger partial charge in [0, 0.05) is 5.57 Å². The number of hydrogen-bond acceptors (Lipinski definition) is 1. The van der Waals surface area contributed by atoms with E-state index < -0.39 is 5.97 Å². The van der Waals surface area contributed by atoms with Crippen LogP contribution in [0.5, 0.6) is 0 Å². The first-order valence-electron chi connectivity index (χ1n) is 8.34. The summed E-state index contributed by atoms with van der Waals surface area (Å²) in [5, 5.41) is 8.71. The Hall–Kier alpha value is -0.790. The third kappa shape index (κ3) is 17.2. The molecule has 0 aliphatic heterocycles. The molecule has 0 heterocycles. The van der Waals surface area contributed by atoms with E-state index in [9.17, 15) is 4.79 Å². The van der Waals surface area contributed by atoms with Crippen molar-refractivity contribution < 1.29 is 9.90 Å². The Morgan fingerprint density at radius 2 is 1.55 bits per heavy atom. The summed E-state index contributed by atoms with van der Waals surface area (Å²) in [6.07, 6.45) is 15.9. The van der Waals surface area contributed by atoms with Crippen LogP contribution in [0.25, 0.3) is 0 Å². The fraction of sp³-hybridized carbons (Fsp3) is 0.778. The standard InChI is InChI=1S/C11H20O2.C7H15/c1-3-5-6-7-8-9-10(4-2)11(12)13;1-3-5-7-6-4-2/h4H,3,5-9H2,1-2H3,(H,12,13);5H,3-4,6-7H2,1-2H3/b10-4+;. The zero-order chi connectivity index (χ0) is 15.6. The number of aliphatic carboxylic acids is 1. The van der Waals surface area contributed by atoms with Crippen molar-refractivity contribution in [2.75, 3.05) is 0 Å². The van der Waals surface area contributed by atoms with Crippen LogP contribution < -0.4 is 0 Å². The molecule has 0 aromatic carbocycles. The number of unbranched alkanes of at least 4 members (excludes halogenated alkanes) is 8. The van der Waals surface area contributed by atoms with Gasteiger partial charge in [-0.15, -0.1) is 0 Å². The van der Waals surface area contributed by atoms with Crippen molar-refractivity contribution in [1.82, 2.24) is 0 Å². The molecule has 1 N–H and O–H groups in total. The smallest absolute Gasteiger partial charge is 0.331 e. The van der Waals surface area contributed by atoms with Gasteiger partial charge in [0.15, 0.2) is 0 Å². The molecule has 0 rings (SSSR count). The molecule has 0 bridgehead atoms. The molecule has 0 saturated heterocycles. The largest absolute Gasteiger partial charge is 0.478 e. The quantitative estimate of drug-likeness (QED) is 0.364. The van der Waals surface area contributed by atoms with Gasteiger partial charge in [-0.1, -0.05) is 78.2 Å². The van der Waals surface area contributed by atoms with Gasteiger partial charge in [0.1, 0.15) is 0 Å². The van der Waals surface area contributed by atoms with Crippen LogP contribution in [-0.2, 0) is 4.79 Å². The lowest BCUT2D eigenvalue weighted by molar-refractivity contribution is -0.132. The maximum Gasteiger partial charge on any atom is 0.331 e. The molecular weight excluding hydrogens is 248 g/mol. The highest BCUT2D eigenvalue weighted by Crippen LogP contribution is 2.10. The average Bonchev–Trinajstić information content (AvgIpc) is 2.44. The van der Waals surface area contributed by atoms with Gasteiger partial charge in [-0.2, -0.15) is 0 Å². The molecule has 0 atom stereocenters. The van der Waals surface area contributed by atoms with Gasteiger partial charge >= 0.3 is 5.97 Å². The zero-order valence-electron chi connectivity index (χ0n) is 14.1. The lowest BCUT2D eigenvalue weighted by atomic mass is 10.1. The number of allylic oxidation sites excluding steroid dienone is 1. The van der Waals surface area contributed by atoms with Crippen molar-refractivity contribution in [3.63, 3.8) is 0 Å². The molecule has 0 aliphatic carbocycles. The third-order valence-corrected chi connectivity index (χ3v) is 3.22. The van der Waals surface area contributed by atoms with Crippen LogP contribution in [0.15, 0.2) is 11.6 Å². The van der Waals surface area contributed by atoms with Crippen LogP contribution in [0.3, 0.4) is 0 Å². The molecule has 0 saturated carbocycles. The van der Waals surface area contributed by atoms with Crippen LogP contribution in [0, 0.1) is 6.42 Å². The van der Waals surface area contributed by atoms with Crippen LogP contribution >= 0.6 is 0 Å². The zero-order valence-corrected chi connectivity index (χ0v) is 14.1. The molecule has 1 radical (unpaired) electrons. The van der Waals surface area contributed by atoms with E-state index in [-0.39, 0.29) is 0 Å². The molecule has 0 aromatic heterocycles. The summed E-state index contributed by atoms with van der Waals surface area (Å²) in [5.74, 6) is -0.766. The Balaban J connectivity index is 0. The molecule has 0 fully saturated rings. The summed E-state index contributed by atoms with van der Waals surface area (Å²) < 4.78 is 0. The van der Waals surface area contributed by atoms with Crippen LogP contribution in [0.4, 0.5) is 0 Å². The molecule has 2 nitrogen and oxygen atoms in total. The van der Waals surface area contributed by atoms with Crippen LogP contribution in [0.2, 0.25) is 0 Å². The molecule has 0 amide bonds. The first-order chi connectivity index (χ1) is 9.63. The highest BCUT2D eigenvalue weighted by molar-refractivity contribution is 5.86. The number of hydrogen-bond donors (Lipinski definition) is 1. The molecule has 0 spiro atoms. The Labute approximate surface area is 126 Å². The van der Waals surface area contributed by atoms with E-state index in [1.54, 1.807) is 13.0 Å². The van der Waals surface area contributed by atoms with E-state index in [2.05, 4.69) is 27.2 Å². The third-order valence-electron chi connectivity index (χ3n) is 3.22. The summed E-state index contributed by atoms with van der Waals surface area (Å²) in [6.45, 7) is 8.38. The first kappa shape index (κ1) is 21.5. The van der Waals surface area contributed by atoms with Crippen LogP contribution in [0.1, 0.15) is 91.9 Å². The van der Waals surface area contributed by atoms with E-state index in [1.165, 1.54) is 44.9 Å². The average molecular weight is 283 g/mol. The second kappa shape index (κ2) is 18.2. The molecular formula is C18H35O2. The van der Waals surface area contributed by atoms with E-state index in [0.29, 0.717) is 5.57 Å². The maximum atomic E-state index is 10.6. The van der Waals surface area contributed by atoms with Gasteiger partial charge in [0.2, 0.25) is 0 Å². The van der Waals surface area contributed by atoms with Crippen molar-refractivity contribution in [3.05, 3.63) is 18.1 Å². The van der Waals surface area contributed by atoms with Gasteiger partial charge < -0.3 is 5.11 Å². The first-order valence-corrected chi connectivity index (χ1v) is 8.34. The minimum absolute atomic E-state index is 0.552. The van der Waals surface area contributed by atoms with Crippen molar-refractivity contribution in [2.45, 2.75) is 91.9 Å². The predicted molar refractivity (Wildman–Crippen MR) is 88.9 cm³/mol. The second-order valence-corrected chi connectivity index (χ2v) is 5.12. The molecule has 20 heavy (non-hydrogen) atoms. The fourth-order valence-electron chi connectivity index (χ4n) is 1.85. The summed E-state index contributed by atoms with van der Waals surface area (Å²) in [5.41, 5.74) is 0.552. The van der Waals surface area contributed by atoms with Crippen molar-refractivity contribution in [1.29, 1.82) is 0 Å². The molecule has 2 heteroatoms. The van der Waals surface area contributed by atoms with Gasteiger partial charge in [-0.25, -0.2) is 4.79 Å². The molecule has 0 aromatic rings. The van der Waals surface area contributed by atoms with E-state index in [0.717, 1.165) is 19.3 Å². The van der Waals surface area contributed by atoms with E-state index in [4.69, 9.17) is 5.11 Å². The highest BCUT2D eigenvalue weighted by atomic mass is 16.4. The minimum Gasteiger partial charge on any atom is -0.478 e. The van der Waals surface area contributed by atoms with Crippen molar-refractivity contribution >= 4 is 5.97 Å². The number of carboxylic acid groups (broad SMARTS) is 1. The van der Waals surface area contributed by atoms with Crippen LogP contribution in [-0.4, -0.2) is 11.1 Å². The maximum absolute atomic E-state index is 10.6. The fourth-order valence-corrected chi connectivity index (χ4v) is 1.85. The Bertz CT molecular complexity index is 228. The summed E-state index contributed by atoms with van der Waals surface area (Å²) >= 11 is 0. The number of rotatable bonds is 11. The highest BCUT2D eigenvalue weighted by Gasteiger charge is 2.04. The van der Waals surface area contributed by atoms with Crippen molar-refractivity contribution in [2.24, 2.45) is 0 Å². The second-order valence-electron chi connectivity index (χ2n) is 5.12. The Morgan fingerprint density at radius 3 is 2.00 bits per heavy atom. The topological polar surface area (TPSA) is 37.3 Å². The Kier molecular flexibility index (Phi) is 19.6. The monoisotopic (exact) mass is 283 g/mol. The summed E-state index contributed by atoms with van der Waals surface area (Å²) in [6, 6.07) is 0. The van der Waals surface area contributed by atoms with Gasteiger partial charge in [-0.05, 0) is 26.2 Å². The van der Waals surface area contributed by atoms with Crippen molar-refractivity contribution in [3.8, 4) is 0 Å². The SMILES string of the molecule is C/C=C(\CCCCCCC)C(=O)O.CC[CH]CCCC. The summed E-state index contributed by atoms with van der Waals surface area (Å²) in [7, 11) is 0. The van der Waals surface area contributed by atoms with E-state index >= 15 is 0 Å². The molecule has 0 aliphatic rings. The van der Waals surface area contributed by atoms with E-state index in [1.807, 2.05) is 0 Å². The Morgan fingerprint density at radius 1 is 0.950 bits per heavy atom. The van der Waals surface area contributed by atoms with Gasteiger partial charge in [0.05, 0.1) is 0 Å². The molecule has 119 valence electrons. The lowest BCUT2D eigenvalue weighted by Gasteiger charge is -2.01. The number of carbonyl (C=O) groups is 1. The summed E-state index contributed by atoms with van der Waals surface area (Å²) in [4.78, 5) is 10.6. The predicted octanol–water partition coefficient (Wildman–Crippen LogP) is 6.17.